The van der Waals surface area contributed by atoms with Gasteiger partial charge >= 0.3 is 23.8 Å². The van der Waals surface area contributed by atoms with Gasteiger partial charge in [0.15, 0.2) is 11.6 Å². The number of anilines is 3. The molecule has 1 fully saturated rings. The molecule has 4 rings (SSSR count). The van der Waals surface area contributed by atoms with E-state index in [9.17, 15) is 22.8 Å². The topological polar surface area (TPSA) is 106 Å². The van der Waals surface area contributed by atoms with Crippen molar-refractivity contribution in [1.29, 1.82) is 0 Å². The molecular weight excluding hydrogens is 489 g/mol. The molecule has 1 amide bonds. The summed E-state index contributed by atoms with van der Waals surface area (Å²) in [6.45, 7) is 3.87. The van der Waals surface area contributed by atoms with E-state index in [1.54, 1.807) is 12.1 Å². The lowest BCUT2D eigenvalue weighted by molar-refractivity contribution is -0.154. The predicted molar refractivity (Wildman–Crippen MR) is 129 cm³/mol. The third kappa shape index (κ3) is 5.76. The molecule has 0 spiro atoms. The Balaban J connectivity index is 1.33. The lowest BCUT2D eigenvalue weighted by atomic mass is 9.67. The average molecular weight is 517 g/mol. The summed E-state index contributed by atoms with van der Waals surface area (Å²) in [4.78, 5) is 24.6. The monoisotopic (exact) mass is 516 g/mol. The molecule has 1 heterocycles. The smallest absolute Gasteiger partial charge is 0.320 e. The highest BCUT2D eigenvalue weighted by Crippen LogP contribution is 2.44. The van der Waals surface area contributed by atoms with E-state index in [1.807, 2.05) is 26.0 Å². The van der Waals surface area contributed by atoms with Gasteiger partial charge in [0.1, 0.15) is 5.82 Å². The molecule has 2 N–H and O–H groups in total. The van der Waals surface area contributed by atoms with Crippen LogP contribution in [0.5, 0.6) is 0 Å². The van der Waals surface area contributed by atoms with Crippen molar-refractivity contribution in [1.82, 2.24) is 10.2 Å². The van der Waals surface area contributed by atoms with Gasteiger partial charge in [-0.05, 0) is 69.1 Å². The van der Waals surface area contributed by atoms with Crippen molar-refractivity contribution in [3.8, 4) is 0 Å². The van der Waals surface area contributed by atoms with Crippen LogP contribution in [0.15, 0.2) is 40.8 Å². The van der Waals surface area contributed by atoms with Crippen LogP contribution < -0.4 is 10.6 Å². The fraction of sp³-hybridized carbons (Fsp3) is 0.385. The normalized spacial score (nSPS) is 17.8. The summed E-state index contributed by atoms with van der Waals surface area (Å²) in [6, 6.07) is 8.03. The Morgan fingerprint density at radius 2 is 1.62 bits per heavy atom. The maximum absolute atomic E-state index is 13.8. The van der Waals surface area contributed by atoms with Crippen molar-refractivity contribution < 1.29 is 31.9 Å². The first kappa shape index (κ1) is 26.2. The number of carbonyl (C=O) groups excluding carboxylic acids is 2. The second kappa shape index (κ2) is 10.6. The number of amides is 1. The summed E-state index contributed by atoms with van der Waals surface area (Å²) in [5.74, 6) is -4.32. The SMILES string of the molecule is COC(=O)C(C)(C)C1CCC(c2ccc(NC(=O)c3nnc(Nc4cc(F)c(F)cc4F)o3)cc2)CC1. The van der Waals surface area contributed by atoms with E-state index < -0.39 is 40.4 Å². The van der Waals surface area contributed by atoms with Crippen molar-refractivity contribution in [2.45, 2.75) is 45.4 Å². The van der Waals surface area contributed by atoms with Crippen LogP contribution in [0.1, 0.15) is 61.7 Å². The highest BCUT2D eigenvalue weighted by atomic mass is 19.2. The first-order valence-corrected chi connectivity index (χ1v) is 11.8. The summed E-state index contributed by atoms with van der Waals surface area (Å²) in [6.07, 6.45) is 3.75. The van der Waals surface area contributed by atoms with Gasteiger partial charge in [0, 0.05) is 17.8 Å². The number of nitrogens with zero attached hydrogens (tertiary/aromatic N) is 2. The number of hydrogen-bond acceptors (Lipinski definition) is 7. The molecule has 1 aliphatic rings. The Kier molecular flexibility index (Phi) is 7.51. The molecule has 0 unspecified atom stereocenters. The third-order valence-corrected chi connectivity index (χ3v) is 6.97. The van der Waals surface area contributed by atoms with Gasteiger partial charge in [0.05, 0.1) is 18.2 Å². The minimum absolute atomic E-state index is 0.184. The van der Waals surface area contributed by atoms with E-state index in [0.29, 0.717) is 23.7 Å². The molecule has 0 saturated heterocycles. The summed E-state index contributed by atoms with van der Waals surface area (Å²) in [5.41, 5.74) is 0.716. The van der Waals surface area contributed by atoms with Gasteiger partial charge in [0.2, 0.25) is 0 Å². The van der Waals surface area contributed by atoms with Gasteiger partial charge in [-0.15, -0.1) is 5.10 Å². The maximum atomic E-state index is 13.8. The van der Waals surface area contributed by atoms with Gasteiger partial charge < -0.3 is 19.8 Å². The molecule has 8 nitrogen and oxygen atoms in total. The molecule has 0 radical (unpaired) electrons. The Morgan fingerprint density at radius 3 is 2.27 bits per heavy atom. The van der Waals surface area contributed by atoms with Crippen LogP contribution >= 0.6 is 0 Å². The third-order valence-electron chi connectivity index (χ3n) is 6.97. The van der Waals surface area contributed by atoms with E-state index >= 15 is 0 Å². The fourth-order valence-corrected chi connectivity index (χ4v) is 4.70. The standard InChI is InChI=1S/C26H27F3N4O4/c1-26(2,24(35)36-3)16-8-4-14(5-9-16)15-6-10-17(11-7-15)30-22(34)23-32-33-25(37-23)31-21-13-19(28)18(27)12-20(21)29/h6-7,10-14,16H,4-5,8-9H2,1-3H3,(H,30,34)(H,31,33). The summed E-state index contributed by atoms with van der Waals surface area (Å²) >= 11 is 0. The van der Waals surface area contributed by atoms with Crippen LogP contribution in [0.2, 0.25) is 0 Å². The number of benzene rings is 2. The molecule has 0 bridgehead atoms. The lowest BCUT2D eigenvalue weighted by Gasteiger charge is -2.37. The quantitative estimate of drug-likeness (QED) is 0.295. The van der Waals surface area contributed by atoms with Crippen molar-refractivity contribution >= 4 is 29.3 Å². The van der Waals surface area contributed by atoms with Gasteiger partial charge in [-0.3, -0.25) is 9.59 Å². The molecule has 1 saturated carbocycles. The average Bonchev–Trinajstić information content (AvgIpc) is 3.36. The van der Waals surface area contributed by atoms with Crippen molar-refractivity contribution in [3.05, 3.63) is 65.3 Å². The number of hydrogen-bond donors (Lipinski definition) is 2. The molecule has 3 aromatic rings. The Morgan fingerprint density at radius 1 is 0.973 bits per heavy atom. The molecule has 37 heavy (non-hydrogen) atoms. The van der Waals surface area contributed by atoms with E-state index in [0.717, 1.165) is 31.2 Å². The van der Waals surface area contributed by atoms with Crippen LogP contribution in [-0.2, 0) is 9.53 Å². The van der Waals surface area contributed by atoms with E-state index in [-0.39, 0.29) is 17.9 Å². The molecule has 0 aliphatic heterocycles. The summed E-state index contributed by atoms with van der Waals surface area (Å²) in [5, 5.41) is 12.1. The zero-order valence-corrected chi connectivity index (χ0v) is 20.6. The summed E-state index contributed by atoms with van der Waals surface area (Å²) in [7, 11) is 1.42. The number of halogens is 3. The first-order valence-electron chi connectivity index (χ1n) is 11.8. The van der Waals surface area contributed by atoms with Gasteiger partial charge in [-0.2, -0.15) is 0 Å². The molecule has 1 aliphatic carbocycles. The van der Waals surface area contributed by atoms with E-state index in [2.05, 4.69) is 20.8 Å². The number of methoxy groups -OCH3 is 1. The fourth-order valence-electron chi connectivity index (χ4n) is 4.70. The van der Waals surface area contributed by atoms with Crippen molar-refractivity contribution in [3.63, 3.8) is 0 Å². The van der Waals surface area contributed by atoms with Crippen LogP contribution in [0.4, 0.5) is 30.6 Å². The van der Waals surface area contributed by atoms with E-state index in [1.165, 1.54) is 7.11 Å². The predicted octanol–water partition coefficient (Wildman–Crippen LogP) is 5.96. The van der Waals surface area contributed by atoms with E-state index in [4.69, 9.17) is 9.15 Å². The minimum Gasteiger partial charge on any atom is -0.469 e. The number of nitrogens with one attached hydrogen (secondary N) is 2. The Labute approximate surface area is 211 Å². The molecule has 1 aromatic heterocycles. The molecule has 11 heteroatoms. The van der Waals surface area contributed by atoms with Gasteiger partial charge in [-0.25, -0.2) is 13.2 Å². The van der Waals surface area contributed by atoms with Crippen molar-refractivity contribution in [2.75, 3.05) is 17.7 Å². The highest BCUT2D eigenvalue weighted by Gasteiger charge is 2.39. The zero-order chi connectivity index (χ0) is 26.7. The number of carbonyl (C=O) groups is 2. The Hall–Kier alpha value is -3.89. The molecule has 196 valence electrons. The maximum Gasteiger partial charge on any atom is 0.320 e. The zero-order valence-electron chi connectivity index (χ0n) is 20.6. The molecule has 0 atom stereocenters. The number of aromatic nitrogens is 2. The minimum atomic E-state index is -1.34. The molecular formula is C26H27F3N4O4. The lowest BCUT2D eigenvalue weighted by Crippen LogP contribution is -2.36. The Bertz CT molecular complexity index is 1290. The molecule has 2 aromatic carbocycles. The first-order chi connectivity index (χ1) is 17.6. The van der Waals surface area contributed by atoms with Crippen LogP contribution in [0.25, 0.3) is 0 Å². The summed E-state index contributed by atoms with van der Waals surface area (Å²) < 4.78 is 50.4. The van der Waals surface area contributed by atoms with Crippen molar-refractivity contribution in [2.24, 2.45) is 11.3 Å². The largest absolute Gasteiger partial charge is 0.469 e. The second-order valence-corrected chi connectivity index (χ2v) is 9.62. The number of rotatable bonds is 7. The van der Waals surface area contributed by atoms with Crippen LogP contribution in [0, 0.1) is 28.8 Å². The van der Waals surface area contributed by atoms with Crippen LogP contribution in [0.3, 0.4) is 0 Å². The number of esters is 1. The number of ether oxygens (including phenoxy) is 1. The second-order valence-electron chi connectivity index (χ2n) is 9.62. The van der Waals surface area contributed by atoms with Crippen LogP contribution in [-0.4, -0.2) is 29.2 Å². The van der Waals surface area contributed by atoms with Gasteiger partial charge in [0.25, 0.3) is 0 Å². The van der Waals surface area contributed by atoms with Gasteiger partial charge in [-0.1, -0.05) is 17.2 Å². The highest BCUT2D eigenvalue weighted by molar-refractivity contribution is 6.00.